The number of carbonyl (C=O) groups is 1. The van der Waals surface area contributed by atoms with Gasteiger partial charge in [-0.25, -0.2) is 9.97 Å². The molecular weight excluding hydrogens is 583 g/mol. The predicted molar refractivity (Wildman–Crippen MR) is 168 cm³/mol. The number of aliphatic hydroxyl groups is 1. The van der Waals surface area contributed by atoms with Crippen LogP contribution in [0.25, 0.3) is 16.2 Å². The molecule has 0 atom stereocenters. The number of carbonyl (C=O) groups excluding carboxylic acids is 1. The quantitative estimate of drug-likeness (QED) is 0.332. The molecule has 3 fully saturated rings. The van der Waals surface area contributed by atoms with E-state index in [4.69, 9.17) is 15.1 Å². The van der Waals surface area contributed by atoms with E-state index < -0.39 is 0 Å². The molecule has 3 aliphatic heterocycles. The number of aromatic nitrogens is 4. The van der Waals surface area contributed by atoms with E-state index in [1.165, 1.54) is 16.9 Å². The smallest absolute Gasteiger partial charge is 0.236 e. The Hall–Kier alpha value is -3.57. The third kappa shape index (κ3) is 5.06. The topological polar surface area (TPSA) is 117 Å². The van der Waals surface area contributed by atoms with Gasteiger partial charge in [-0.05, 0) is 31.6 Å². The molecule has 1 aromatic carbocycles. The number of β-amino-alcohol motifs (C(OH)–C–C–N with tert-alkyl or cyclic N) is 1. The van der Waals surface area contributed by atoms with Crippen molar-refractivity contribution < 1.29 is 9.90 Å². The van der Waals surface area contributed by atoms with Gasteiger partial charge >= 0.3 is 0 Å². The summed E-state index contributed by atoms with van der Waals surface area (Å²) in [6.45, 7) is 9.33. The number of nitrogens with zero attached hydrogens (tertiary/aromatic N) is 9. The first kappa shape index (κ1) is 28.2. The number of anilines is 3. The average molecular weight is 618 g/mol. The van der Waals surface area contributed by atoms with Crippen molar-refractivity contribution in [3.8, 4) is 17.3 Å². The summed E-state index contributed by atoms with van der Waals surface area (Å²) >= 11 is 3.00. The number of benzene rings is 1. The SMILES string of the molecule is CCc1nc2sc(N3CCC4(CC3)CN(CC(=O)N3CC(O)C3)C4)nn2c1N(C)c1nc(-c2ccc(C)cc2)c(C#N)s1. The second kappa shape index (κ2) is 10.9. The maximum absolute atomic E-state index is 12.4. The van der Waals surface area contributed by atoms with E-state index in [0.29, 0.717) is 30.2 Å². The van der Waals surface area contributed by atoms with Gasteiger partial charge in [-0.1, -0.05) is 59.4 Å². The molecular formula is C30H35N9O2S2. The Morgan fingerprint density at radius 3 is 2.53 bits per heavy atom. The van der Waals surface area contributed by atoms with Crippen LogP contribution in [0.1, 0.15) is 35.9 Å². The molecule has 0 saturated carbocycles. The minimum absolute atomic E-state index is 0.129. The van der Waals surface area contributed by atoms with Gasteiger partial charge in [0.25, 0.3) is 0 Å². The van der Waals surface area contributed by atoms with Crippen molar-refractivity contribution in [1.29, 1.82) is 5.26 Å². The Bertz CT molecular complexity index is 1700. The van der Waals surface area contributed by atoms with Gasteiger partial charge in [-0.15, -0.1) is 5.10 Å². The minimum atomic E-state index is -0.351. The Morgan fingerprint density at radius 1 is 1.16 bits per heavy atom. The summed E-state index contributed by atoms with van der Waals surface area (Å²) in [5.74, 6) is 1.01. The van der Waals surface area contributed by atoms with Gasteiger partial charge < -0.3 is 19.8 Å². The zero-order chi connectivity index (χ0) is 29.9. The number of imidazole rings is 1. The van der Waals surface area contributed by atoms with E-state index in [2.05, 4.69) is 22.8 Å². The molecule has 43 heavy (non-hydrogen) atoms. The number of amides is 1. The van der Waals surface area contributed by atoms with Gasteiger partial charge in [0.1, 0.15) is 16.6 Å². The number of hydrogen-bond acceptors (Lipinski definition) is 11. The van der Waals surface area contributed by atoms with Crippen LogP contribution >= 0.6 is 22.7 Å². The number of thiazole rings is 1. The van der Waals surface area contributed by atoms with Crippen molar-refractivity contribution in [1.82, 2.24) is 29.4 Å². The summed E-state index contributed by atoms with van der Waals surface area (Å²) in [4.78, 5) is 32.0. The second-order valence-corrected chi connectivity index (χ2v) is 14.0. The molecule has 11 nitrogen and oxygen atoms in total. The fourth-order valence-electron chi connectivity index (χ4n) is 6.45. The van der Waals surface area contributed by atoms with E-state index in [0.717, 1.165) is 77.7 Å². The minimum Gasteiger partial charge on any atom is -0.389 e. The molecule has 4 aromatic rings. The van der Waals surface area contributed by atoms with E-state index in [-0.39, 0.29) is 17.4 Å². The first-order valence-corrected chi connectivity index (χ1v) is 16.4. The molecule has 7 rings (SSSR count). The number of hydrogen-bond donors (Lipinski definition) is 1. The third-order valence-electron chi connectivity index (χ3n) is 9.01. The summed E-state index contributed by atoms with van der Waals surface area (Å²) in [6, 6.07) is 10.4. The number of nitriles is 1. The first-order chi connectivity index (χ1) is 20.8. The number of rotatable bonds is 7. The highest BCUT2D eigenvalue weighted by Gasteiger charge is 2.46. The van der Waals surface area contributed by atoms with Crippen LogP contribution in [0.2, 0.25) is 0 Å². The van der Waals surface area contributed by atoms with Crippen molar-refractivity contribution >= 4 is 49.6 Å². The number of aliphatic hydroxyl groups excluding tert-OH is 1. The van der Waals surface area contributed by atoms with Crippen molar-refractivity contribution in [3.63, 3.8) is 0 Å². The lowest BCUT2D eigenvalue weighted by molar-refractivity contribution is -0.146. The largest absolute Gasteiger partial charge is 0.389 e. The van der Waals surface area contributed by atoms with Crippen molar-refractivity contribution in [2.75, 3.05) is 62.7 Å². The number of aryl methyl sites for hydroxylation is 2. The molecule has 224 valence electrons. The Morgan fingerprint density at radius 2 is 1.88 bits per heavy atom. The van der Waals surface area contributed by atoms with Crippen LogP contribution < -0.4 is 9.80 Å². The monoisotopic (exact) mass is 617 g/mol. The highest BCUT2D eigenvalue weighted by Crippen LogP contribution is 2.43. The van der Waals surface area contributed by atoms with E-state index >= 15 is 0 Å². The Balaban J connectivity index is 1.05. The molecule has 0 bridgehead atoms. The van der Waals surface area contributed by atoms with Crippen molar-refractivity contribution in [2.24, 2.45) is 5.41 Å². The lowest BCUT2D eigenvalue weighted by Crippen LogP contribution is -2.63. The van der Waals surface area contributed by atoms with Crippen molar-refractivity contribution in [2.45, 2.75) is 39.2 Å². The predicted octanol–water partition coefficient (Wildman–Crippen LogP) is 3.53. The summed E-state index contributed by atoms with van der Waals surface area (Å²) < 4.78 is 1.94. The average Bonchev–Trinajstić information content (AvgIpc) is 3.68. The zero-order valence-corrected chi connectivity index (χ0v) is 26.3. The van der Waals surface area contributed by atoms with Crippen LogP contribution in [-0.4, -0.2) is 99.4 Å². The Labute approximate surface area is 258 Å². The third-order valence-corrected chi connectivity index (χ3v) is 11.0. The maximum atomic E-state index is 12.4. The summed E-state index contributed by atoms with van der Waals surface area (Å²) in [5.41, 5.74) is 4.03. The number of piperidine rings is 1. The fourth-order valence-corrected chi connectivity index (χ4v) is 8.26. The van der Waals surface area contributed by atoms with Gasteiger partial charge in [-0.3, -0.25) is 9.69 Å². The maximum Gasteiger partial charge on any atom is 0.236 e. The van der Waals surface area contributed by atoms with Crippen LogP contribution in [0.3, 0.4) is 0 Å². The van der Waals surface area contributed by atoms with E-state index in [1.54, 1.807) is 16.2 Å². The molecule has 1 amide bonds. The first-order valence-electron chi connectivity index (χ1n) is 14.8. The molecule has 6 heterocycles. The van der Waals surface area contributed by atoms with Crippen molar-refractivity contribution in [3.05, 3.63) is 40.4 Å². The summed E-state index contributed by atoms with van der Waals surface area (Å²) in [6.07, 6.45) is 2.56. The number of likely N-dealkylation sites (tertiary alicyclic amines) is 2. The van der Waals surface area contributed by atoms with E-state index in [1.807, 2.05) is 47.7 Å². The molecule has 1 N–H and O–H groups in total. The lowest BCUT2D eigenvalue weighted by atomic mass is 9.72. The second-order valence-electron chi connectivity index (χ2n) is 12.1. The summed E-state index contributed by atoms with van der Waals surface area (Å²) in [7, 11) is 1.97. The van der Waals surface area contributed by atoms with Gasteiger partial charge in [0.05, 0.1) is 18.3 Å². The highest BCUT2D eigenvalue weighted by molar-refractivity contribution is 7.20. The summed E-state index contributed by atoms with van der Waals surface area (Å²) in [5, 5.41) is 26.1. The van der Waals surface area contributed by atoms with Gasteiger partial charge in [-0.2, -0.15) is 9.78 Å². The molecule has 3 aromatic heterocycles. The normalized spacial score (nSPS) is 18.6. The molecule has 3 saturated heterocycles. The molecule has 0 radical (unpaired) electrons. The van der Waals surface area contributed by atoms with Crippen LogP contribution in [0.4, 0.5) is 16.1 Å². The van der Waals surface area contributed by atoms with Gasteiger partial charge in [0, 0.05) is 51.9 Å². The molecule has 13 heteroatoms. The zero-order valence-electron chi connectivity index (χ0n) is 24.7. The van der Waals surface area contributed by atoms with Gasteiger partial charge in [0.15, 0.2) is 10.9 Å². The number of fused-ring (bicyclic) bond motifs is 1. The fraction of sp³-hybridized carbons (Fsp3) is 0.500. The highest BCUT2D eigenvalue weighted by atomic mass is 32.1. The molecule has 3 aliphatic rings. The van der Waals surface area contributed by atoms with Crippen LogP contribution in [0.5, 0.6) is 0 Å². The Kier molecular flexibility index (Phi) is 7.12. The molecule has 0 aliphatic carbocycles. The van der Waals surface area contributed by atoms with Crippen LogP contribution in [-0.2, 0) is 11.2 Å². The van der Waals surface area contributed by atoms with Crippen LogP contribution in [0, 0.1) is 23.7 Å². The molecule has 1 spiro atoms. The standard InChI is InChI=1S/C30H35N9O2S2/c1-4-22-26(35(3)27-33-25(23(13-31)42-27)20-7-5-19(2)6-8-20)39-28(32-22)43-29(34-39)37-11-9-30(10-12-37)17-36(18-30)16-24(41)38-14-21(40)15-38/h5-8,21,40H,4,9-12,14-18H2,1-3H3. The van der Waals surface area contributed by atoms with Crippen LogP contribution in [0.15, 0.2) is 24.3 Å². The lowest BCUT2D eigenvalue weighted by Gasteiger charge is -2.54. The van der Waals surface area contributed by atoms with Gasteiger partial charge in [0.2, 0.25) is 16.0 Å². The molecule has 0 unspecified atom stereocenters. The van der Waals surface area contributed by atoms with E-state index in [9.17, 15) is 15.2 Å².